The molecule has 1 N–H and O–H groups in total. The minimum atomic E-state index is 0.407. The molecule has 94 valence electrons. The Morgan fingerprint density at radius 3 is 2.72 bits per heavy atom. The van der Waals surface area contributed by atoms with Crippen molar-refractivity contribution in [2.24, 2.45) is 5.92 Å². The molecule has 0 amide bonds. The van der Waals surface area contributed by atoms with Gasteiger partial charge in [0.1, 0.15) is 0 Å². The first-order valence-corrected chi connectivity index (χ1v) is 6.38. The molecule has 4 heteroatoms. The van der Waals surface area contributed by atoms with E-state index in [1.807, 2.05) is 0 Å². The number of aromatic nitrogens is 2. The Morgan fingerprint density at radius 2 is 2.11 bits per heavy atom. The molecular weight excluding hydrogens is 226 g/mol. The number of hydrogen-bond donors (Lipinski definition) is 1. The summed E-state index contributed by atoms with van der Waals surface area (Å²) in [6, 6.07) is 9.16. The number of aryl methyl sites for hydroxylation is 1. The van der Waals surface area contributed by atoms with Gasteiger partial charge < -0.3 is 9.84 Å². The van der Waals surface area contributed by atoms with E-state index in [2.05, 4.69) is 46.6 Å². The van der Waals surface area contributed by atoms with Gasteiger partial charge in [0.15, 0.2) is 5.82 Å². The molecule has 0 bridgehead atoms. The number of nitrogens with zero attached hydrogens (tertiary/aromatic N) is 2. The Bertz CT molecular complexity index is 488. The molecule has 1 saturated carbocycles. The summed E-state index contributed by atoms with van der Waals surface area (Å²) in [6.45, 7) is 2.77. The first kappa shape index (κ1) is 11.4. The van der Waals surface area contributed by atoms with E-state index in [1.165, 1.54) is 30.4 Å². The van der Waals surface area contributed by atoms with Crippen molar-refractivity contribution in [2.45, 2.75) is 32.4 Å². The predicted molar refractivity (Wildman–Crippen MR) is 67.8 cm³/mol. The second-order valence-corrected chi connectivity index (χ2v) is 4.95. The fourth-order valence-electron chi connectivity index (χ4n) is 2.23. The van der Waals surface area contributed by atoms with Crippen molar-refractivity contribution in [2.75, 3.05) is 0 Å². The lowest BCUT2D eigenvalue weighted by atomic mass is 10.0. The molecular formula is C14H17N3O. The second kappa shape index (κ2) is 4.90. The van der Waals surface area contributed by atoms with Gasteiger partial charge in [0.05, 0.1) is 6.54 Å². The molecule has 3 rings (SSSR count). The normalized spacial score (nSPS) is 16.7. The highest BCUT2D eigenvalue weighted by molar-refractivity contribution is 5.25. The van der Waals surface area contributed by atoms with E-state index in [-0.39, 0.29) is 0 Å². The van der Waals surface area contributed by atoms with Crippen molar-refractivity contribution in [3.8, 4) is 0 Å². The van der Waals surface area contributed by atoms with Crippen LogP contribution in [0.1, 0.15) is 35.8 Å². The first-order chi connectivity index (χ1) is 8.83. The fourth-order valence-corrected chi connectivity index (χ4v) is 2.23. The van der Waals surface area contributed by atoms with Crippen LogP contribution in [0.25, 0.3) is 0 Å². The molecule has 1 aromatic carbocycles. The van der Waals surface area contributed by atoms with Gasteiger partial charge in [0.25, 0.3) is 0 Å². The smallest absolute Gasteiger partial charge is 0.213 e. The van der Waals surface area contributed by atoms with Gasteiger partial charge in [-0.1, -0.05) is 35.0 Å². The maximum absolute atomic E-state index is 4.74. The van der Waals surface area contributed by atoms with Crippen LogP contribution >= 0.6 is 0 Å². The lowest BCUT2D eigenvalue weighted by Crippen LogP contribution is -2.23. The van der Waals surface area contributed by atoms with Gasteiger partial charge in [-0.05, 0) is 31.2 Å². The molecule has 1 fully saturated rings. The summed E-state index contributed by atoms with van der Waals surface area (Å²) < 4.78 is 4.74. The monoisotopic (exact) mass is 243 g/mol. The third-order valence-electron chi connectivity index (χ3n) is 3.42. The van der Waals surface area contributed by atoms with Crippen LogP contribution < -0.4 is 5.32 Å². The van der Waals surface area contributed by atoms with Crippen molar-refractivity contribution in [3.63, 3.8) is 0 Å². The molecule has 18 heavy (non-hydrogen) atoms. The zero-order valence-corrected chi connectivity index (χ0v) is 10.5. The lowest BCUT2D eigenvalue weighted by molar-refractivity contribution is 0.400. The van der Waals surface area contributed by atoms with Gasteiger partial charge in [-0.2, -0.15) is 4.98 Å². The molecule has 1 aliphatic rings. The molecule has 0 aliphatic heterocycles. The second-order valence-electron chi connectivity index (χ2n) is 4.95. The Balaban J connectivity index is 1.70. The Hall–Kier alpha value is -1.68. The Morgan fingerprint density at radius 1 is 1.33 bits per heavy atom. The van der Waals surface area contributed by atoms with Gasteiger partial charge in [-0.15, -0.1) is 0 Å². The molecule has 1 unspecified atom stereocenters. The van der Waals surface area contributed by atoms with E-state index in [0.717, 1.165) is 5.92 Å². The molecule has 1 aromatic heterocycles. The zero-order valence-electron chi connectivity index (χ0n) is 10.5. The SMILES string of the molecule is Cc1ccc(C(NCc2ncon2)C2CC2)cc1. The molecule has 2 aromatic rings. The summed E-state index contributed by atoms with van der Waals surface area (Å²) in [6.07, 6.45) is 3.98. The third-order valence-corrected chi connectivity index (χ3v) is 3.42. The van der Waals surface area contributed by atoms with E-state index in [9.17, 15) is 0 Å². The number of nitrogens with one attached hydrogen (secondary N) is 1. The number of rotatable bonds is 5. The van der Waals surface area contributed by atoms with Gasteiger partial charge in [-0.25, -0.2) is 0 Å². The minimum absolute atomic E-state index is 0.407. The van der Waals surface area contributed by atoms with E-state index in [4.69, 9.17) is 4.52 Å². The van der Waals surface area contributed by atoms with E-state index in [1.54, 1.807) is 0 Å². The average Bonchev–Trinajstić information content (AvgIpc) is 3.08. The molecule has 1 heterocycles. The lowest BCUT2D eigenvalue weighted by Gasteiger charge is -2.18. The van der Waals surface area contributed by atoms with Crippen LogP contribution in [0.4, 0.5) is 0 Å². The van der Waals surface area contributed by atoms with E-state index >= 15 is 0 Å². The predicted octanol–water partition coefficient (Wildman–Crippen LogP) is 2.62. The quantitative estimate of drug-likeness (QED) is 0.877. The maximum atomic E-state index is 4.74. The minimum Gasteiger partial charge on any atom is -0.343 e. The Labute approximate surface area is 106 Å². The van der Waals surface area contributed by atoms with Crippen molar-refractivity contribution in [1.82, 2.24) is 15.5 Å². The van der Waals surface area contributed by atoms with Gasteiger partial charge >= 0.3 is 0 Å². The topological polar surface area (TPSA) is 51.0 Å². The third kappa shape index (κ3) is 2.59. The van der Waals surface area contributed by atoms with Crippen molar-refractivity contribution < 1.29 is 4.52 Å². The largest absolute Gasteiger partial charge is 0.343 e. The van der Waals surface area contributed by atoms with Crippen LogP contribution in [0.2, 0.25) is 0 Å². The Kier molecular flexibility index (Phi) is 3.11. The molecule has 0 saturated heterocycles. The fraction of sp³-hybridized carbons (Fsp3) is 0.429. The molecule has 0 radical (unpaired) electrons. The maximum Gasteiger partial charge on any atom is 0.213 e. The van der Waals surface area contributed by atoms with Crippen LogP contribution in [-0.2, 0) is 6.54 Å². The van der Waals surface area contributed by atoms with Gasteiger partial charge in [0.2, 0.25) is 6.39 Å². The summed E-state index contributed by atoms with van der Waals surface area (Å²) in [5.41, 5.74) is 2.65. The highest BCUT2D eigenvalue weighted by Crippen LogP contribution is 2.41. The average molecular weight is 243 g/mol. The summed E-state index contributed by atoms with van der Waals surface area (Å²) in [5, 5.41) is 7.36. The van der Waals surface area contributed by atoms with Crippen LogP contribution in [-0.4, -0.2) is 10.1 Å². The number of benzene rings is 1. The standard InChI is InChI=1S/C14H17N3O/c1-10-2-4-11(5-3-10)14(12-6-7-12)15-8-13-16-9-18-17-13/h2-5,9,12,14-15H,6-8H2,1H3. The molecule has 0 spiro atoms. The highest BCUT2D eigenvalue weighted by atomic mass is 16.5. The molecule has 4 nitrogen and oxygen atoms in total. The van der Waals surface area contributed by atoms with E-state index < -0.39 is 0 Å². The van der Waals surface area contributed by atoms with E-state index in [0.29, 0.717) is 18.4 Å². The van der Waals surface area contributed by atoms with Crippen molar-refractivity contribution >= 4 is 0 Å². The summed E-state index contributed by atoms with van der Waals surface area (Å²) >= 11 is 0. The van der Waals surface area contributed by atoms with Crippen LogP contribution in [0.3, 0.4) is 0 Å². The van der Waals surface area contributed by atoms with Gasteiger partial charge in [0, 0.05) is 6.04 Å². The van der Waals surface area contributed by atoms with Crippen LogP contribution in [0, 0.1) is 12.8 Å². The van der Waals surface area contributed by atoms with Crippen LogP contribution in [0.5, 0.6) is 0 Å². The van der Waals surface area contributed by atoms with Crippen molar-refractivity contribution in [3.05, 3.63) is 47.6 Å². The number of hydrogen-bond acceptors (Lipinski definition) is 4. The molecule has 1 atom stereocenters. The summed E-state index contributed by atoms with van der Waals surface area (Å²) in [5.74, 6) is 1.47. The molecule has 1 aliphatic carbocycles. The summed E-state index contributed by atoms with van der Waals surface area (Å²) in [4.78, 5) is 4.04. The van der Waals surface area contributed by atoms with Crippen LogP contribution in [0.15, 0.2) is 35.2 Å². The van der Waals surface area contributed by atoms with Gasteiger partial charge in [-0.3, -0.25) is 0 Å². The zero-order chi connectivity index (χ0) is 12.4. The highest BCUT2D eigenvalue weighted by Gasteiger charge is 2.32. The summed E-state index contributed by atoms with van der Waals surface area (Å²) in [7, 11) is 0. The van der Waals surface area contributed by atoms with Crippen molar-refractivity contribution in [1.29, 1.82) is 0 Å². The first-order valence-electron chi connectivity index (χ1n) is 6.38.